The van der Waals surface area contributed by atoms with Gasteiger partial charge < -0.3 is 13.9 Å². The SMILES string of the molecule is c1coc(CN(CCC2OCCCO2)C2CC2)c1. The summed E-state index contributed by atoms with van der Waals surface area (Å²) < 4.78 is 16.6. The highest BCUT2D eigenvalue weighted by molar-refractivity contribution is 4.99. The molecule has 0 radical (unpaired) electrons. The molecule has 100 valence electrons. The highest BCUT2D eigenvalue weighted by atomic mass is 16.7. The van der Waals surface area contributed by atoms with Crippen molar-refractivity contribution in [3.63, 3.8) is 0 Å². The maximum atomic E-state index is 5.59. The number of rotatable bonds is 6. The van der Waals surface area contributed by atoms with Crippen LogP contribution in [0.3, 0.4) is 0 Å². The average molecular weight is 251 g/mol. The molecule has 1 aliphatic heterocycles. The van der Waals surface area contributed by atoms with E-state index in [0.717, 1.165) is 50.9 Å². The first-order valence-electron chi connectivity index (χ1n) is 6.91. The molecule has 1 saturated carbocycles. The van der Waals surface area contributed by atoms with Crippen LogP contribution in [0.1, 0.15) is 31.4 Å². The topological polar surface area (TPSA) is 34.8 Å². The van der Waals surface area contributed by atoms with E-state index in [-0.39, 0.29) is 6.29 Å². The van der Waals surface area contributed by atoms with Crippen molar-refractivity contribution < 1.29 is 13.9 Å². The number of hydrogen-bond acceptors (Lipinski definition) is 4. The van der Waals surface area contributed by atoms with E-state index in [1.165, 1.54) is 12.8 Å². The van der Waals surface area contributed by atoms with Crippen LogP contribution < -0.4 is 0 Å². The van der Waals surface area contributed by atoms with Gasteiger partial charge in [-0.05, 0) is 31.4 Å². The van der Waals surface area contributed by atoms with E-state index in [1.54, 1.807) is 6.26 Å². The summed E-state index contributed by atoms with van der Waals surface area (Å²) in [6, 6.07) is 4.73. The molecular formula is C14H21NO3. The molecule has 0 amide bonds. The second-order valence-electron chi connectivity index (χ2n) is 5.09. The van der Waals surface area contributed by atoms with Gasteiger partial charge in [0.1, 0.15) is 5.76 Å². The monoisotopic (exact) mass is 251 g/mol. The summed E-state index contributed by atoms with van der Waals surface area (Å²) in [5.74, 6) is 1.05. The van der Waals surface area contributed by atoms with Crippen molar-refractivity contribution in [1.82, 2.24) is 4.90 Å². The Morgan fingerprint density at radius 2 is 2.06 bits per heavy atom. The number of nitrogens with zero attached hydrogens (tertiary/aromatic N) is 1. The quantitative estimate of drug-likeness (QED) is 0.777. The zero-order chi connectivity index (χ0) is 12.2. The molecule has 0 unspecified atom stereocenters. The van der Waals surface area contributed by atoms with Crippen molar-refractivity contribution in [1.29, 1.82) is 0 Å². The average Bonchev–Trinajstić information content (AvgIpc) is 3.13. The van der Waals surface area contributed by atoms with Gasteiger partial charge in [-0.1, -0.05) is 0 Å². The summed E-state index contributed by atoms with van der Waals surface area (Å²) in [7, 11) is 0. The van der Waals surface area contributed by atoms with E-state index in [9.17, 15) is 0 Å². The summed E-state index contributed by atoms with van der Waals surface area (Å²) in [5, 5.41) is 0. The maximum Gasteiger partial charge on any atom is 0.158 e. The van der Waals surface area contributed by atoms with Crippen LogP contribution in [0.2, 0.25) is 0 Å². The highest BCUT2D eigenvalue weighted by Crippen LogP contribution is 2.29. The second-order valence-corrected chi connectivity index (χ2v) is 5.09. The van der Waals surface area contributed by atoms with Gasteiger partial charge in [0.15, 0.2) is 6.29 Å². The van der Waals surface area contributed by atoms with Crippen LogP contribution >= 0.6 is 0 Å². The molecule has 0 atom stereocenters. The third-order valence-corrected chi connectivity index (χ3v) is 3.55. The third kappa shape index (κ3) is 3.34. The molecule has 2 heterocycles. The van der Waals surface area contributed by atoms with Crippen molar-refractivity contribution in [3.8, 4) is 0 Å². The number of hydrogen-bond donors (Lipinski definition) is 0. The third-order valence-electron chi connectivity index (χ3n) is 3.55. The first-order chi connectivity index (χ1) is 8.92. The fraction of sp³-hybridized carbons (Fsp3) is 0.714. The molecule has 1 aromatic heterocycles. The Bertz CT molecular complexity index is 342. The fourth-order valence-corrected chi connectivity index (χ4v) is 2.41. The summed E-state index contributed by atoms with van der Waals surface area (Å²) in [4.78, 5) is 2.49. The summed E-state index contributed by atoms with van der Waals surface area (Å²) >= 11 is 0. The highest BCUT2D eigenvalue weighted by Gasteiger charge is 2.30. The van der Waals surface area contributed by atoms with Gasteiger partial charge in [-0.25, -0.2) is 0 Å². The lowest BCUT2D eigenvalue weighted by Crippen LogP contribution is -2.32. The van der Waals surface area contributed by atoms with Gasteiger partial charge in [0.25, 0.3) is 0 Å². The number of furan rings is 1. The molecule has 0 bridgehead atoms. The molecule has 1 saturated heterocycles. The Morgan fingerprint density at radius 1 is 1.22 bits per heavy atom. The Hall–Kier alpha value is -0.840. The minimum Gasteiger partial charge on any atom is -0.468 e. The van der Waals surface area contributed by atoms with Crippen molar-refractivity contribution in [2.75, 3.05) is 19.8 Å². The largest absolute Gasteiger partial charge is 0.468 e. The molecule has 0 aromatic carbocycles. The molecule has 4 heteroatoms. The van der Waals surface area contributed by atoms with Crippen LogP contribution in [-0.2, 0) is 16.0 Å². The molecule has 0 spiro atoms. The zero-order valence-corrected chi connectivity index (χ0v) is 10.7. The smallest absolute Gasteiger partial charge is 0.158 e. The van der Waals surface area contributed by atoms with Gasteiger partial charge in [0, 0.05) is 19.0 Å². The van der Waals surface area contributed by atoms with Crippen LogP contribution in [0, 0.1) is 0 Å². The Labute approximate surface area is 108 Å². The Kier molecular flexibility index (Phi) is 3.98. The molecule has 2 aliphatic rings. The molecule has 18 heavy (non-hydrogen) atoms. The van der Waals surface area contributed by atoms with Gasteiger partial charge in [0.2, 0.25) is 0 Å². The predicted octanol–water partition coefficient (Wildman–Crippen LogP) is 2.40. The van der Waals surface area contributed by atoms with Crippen LogP contribution in [0.25, 0.3) is 0 Å². The maximum absolute atomic E-state index is 5.59. The molecular weight excluding hydrogens is 230 g/mol. The molecule has 1 aromatic rings. The first-order valence-corrected chi connectivity index (χ1v) is 6.91. The minimum atomic E-state index is -0.00315. The van der Waals surface area contributed by atoms with Gasteiger partial charge in [-0.15, -0.1) is 0 Å². The number of ether oxygens (including phenoxy) is 2. The standard InChI is InChI=1S/C14H21NO3/c1-3-13(16-8-1)11-15(12-4-5-12)7-6-14-17-9-2-10-18-14/h1,3,8,12,14H,2,4-7,9-11H2. The van der Waals surface area contributed by atoms with Gasteiger partial charge in [-0.3, -0.25) is 4.90 Å². The van der Waals surface area contributed by atoms with Gasteiger partial charge in [0.05, 0.1) is 26.0 Å². The van der Waals surface area contributed by atoms with Gasteiger partial charge >= 0.3 is 0 Å². The van der Waals surface area contributed by atoms with E-state index in [0.29, 0.717) is 0 Å². The molecule has 0 N–H and O–H groups in total. The summed E-state index contributed by atoms with van der Waals surface area (Å²) in [6.07, 6.45) is 6.34. The van der Waals surface area contributed by atoms with Crippen molar-refractivity contribution in [2.24, 2.45) is 0 Å². The van der Waals surface area contributed by atoms with E-state index in [2.05, 4.69) is 4.90 Å². The van der Waals surface area contributed by atoms with Crippen LogP contribution in [-0.4, -0.2) is 37.0 Å². The lowest BCUT2D eigenvalue weighted by atomic mass is 10.3. The van der Waals surface area contributed by atoms with E-state index >= 15 is 0 Å². The lowest BCUT2D eigenvalue weighted by Gasteiger charge is -2.27. The molecule has 2 fully saturated rings. The van der Waals surface area contributed by atoms with Crippen molar-refractivity contribution in [3.05, 3.63) is 24.2 Å². The summed E-state index contributed by atoms with van der Waals surface area (Å²) in [5.41, 5.74) is 0. The van der Waals surface area contributed by atoms with Crippen LogP contribution in [0.15, 0.2) is 22.8 Å². The molecule has 4 nitrogen and oxygen atoms in total. The van der Waals surface area contributed by atoms with E-state index < -0.39 is 0 Å². The second kappa shape index (κ2) is 5.87. The lowest BCUT2D eigenvalue weighted by molar-refractivity contribution is -0.183. The predicted molar refractivity (Wildman–Crippen MR) is 67.1 cm³/mol. The van der Waals surface area contributed by atoms with Crippen LogP contribution in [0.4, 0.5) is 0 Å². The first kappa shape index (κ1) is 12.2. The summed E-state index contributed by atoms with van der Waals surface area (Å²) in [6.45, 7) is 3.61. The molecule has 3 rings (SSSR count). The van der Waals surface area contributed by atoms with E-state index in [4.69, 9.17) is 13.9 Å². The normalized spacial score (nSPS) is 21.6. The Balaban J connectivity index is 1.47. The van der Waals surface area contributed by atoms with E-state index in [1.807, 2.05) is 12.1 Å². The molecule has 1 aliphatic carbocycles. The van der Waals surface area contributed by atoms with Crippen LogP contribution in [0.5, 0.6) is 0 Å². The zero-order valence-electron chi connectivity index (χ0n) is 10.7. The minimum absolute atomic E-state index is 0.00315. The Morgan fingerprint density at radius 3 is 2.72 bits per heavy atom. The fourth-order valence-electron chi connectivity index (χ4n) is 2.41. The van der Waals surface area contributed by atoms with Gasteiger partial charge in [-0.2, -0.15) is 0 Å². The van der Waals surface area contributed by atoms with Crippen molar-refractivity contribution >= 4 is 0 Å². The van der Waals surface area contributed by atoms with Crippen molar-refractivity contribution in [2.45, 2.75) is 44.6 Å².